The van der Waals surface area contributed by atoms with Gasteiger partial charge in [0.1, 0.15) is 0 Å². The van der Waals surface area contributed by atoms with Gasteiger partial charge in [0.15, 0.2) is 22.2 Å². The van der Waals surface area contributed by atoms with E-state index in [0.717, 1.165) is 12.1 Å². The number of hydrogen-bond acceptors (Lipinski definition) is 9. The van der Waals surface area contributed by atoms with Gasteiger partial charge in [0.25, 0.3) is 5.91 Å². The lowest BCUT2D eigenvalue weighted by atomic mass is 10.2. The van der Waals surface area contributed by atoms with Crippen molar-refractivity contribution in [2.45, 2.75) is 17.4 Å². The Morgan fingerprint density at radius 1 is 1.35 bits per heavy atom. The number of rotatable bonds is 7. The van der Waals surface area contributed by atoms with Crippen molar-refractivity contribution >= 4 is 31.5 Å². The first-order valence-electron chi connectivity index (χ1n) is 9.46. The smallest absolute Gasteiger partial charge is 0.312 e. The highest BCUT2D eigenvalue weighted by Crippen LogP contribution is 2.31. The Morgan fingerprint density at radius 3 is 2.61 bits per heavy atom. The summed E-state index contributed by atoms with van der Waals surface area (Å²) < 4.78 is 60.2. The van der Waals surface area contributed by atoms with Crippen LogP contribution in [0.1, 0.15) is 6.42 Å². The second kappa shape index (κ2) is 9.06. The lowest BCUT2D eigenvalue weighted by Gasteiger charge is -2.26. The molecule has 0 bridgehead atoms. The number of nitro groups is 1. The number of likely N-dealkylation sites (N-methyl/N-ethyl adjacent to an activating group) is 1. The van der Waals surface area contributed by atoms with Gasteiger partial charge in [-0.2, -0.15) is 4.31 Å². The van der Waals surface area contributed by atoms with Crippen molar-refractivity contribution in [1.29, 1.82) is 0 Å². The van der Waals surface area contributed by atoms with Crippen LogP contribution >= 0.6 is 0 Å². The second-order valence-electron chi connectivity index (χ2n) is 7.25. The predicted molar refractivity (Wildman–Crippen MR) is 108 cm³/mol. The zero-order valence-electron chi connectivity index (χ0n) is 16.8. The molecule has 1 amide bonds. The number of sulfone groups is 1. The Hall–Kier alpha value is -2.29. The Balaban J connectivity index is 1.73. The lowest BCUT2D eigenvalue weighted by Crippen LogP contribution is -2.40. The number of ether oxygens (including phenoxy) is 2. The average molecular weight is 478 g/mol. The zero-order chi connectivity index (χ0) is 22.8. The first-order chi connectivity index (χ1) is 14.5. The molecule has 0 aliphatic carbocycles. The summed E-state index contributed by atoms with van der Waals surface area (Å²) in [6.07, 6.45) is 0.318. The number of carbonyl (C=O) groups is 1. The van der Waals surface area contributed by atoms with Crippen molar-refractivity contribution in [3.05, 3.63) is 28.3 Å². The highest BCUT2D eigenvalue weighted by molar-refractivity contribution is 7.91. The summed E-state index contributed by atoms with van der Waals surface area (Å²) in [6.45, 7) is 0.211. The zero-order valence-corrected chi connectivity index (χ0v) is 18.4. The minimum absolute atomic E-state index is 0.000689. The van der Waals surface area contributed by atoms with Gasteiger partial charge in [0.05, 0.1) is 34.5 Å². The molecule has 1 aromatic rings. The number of nitro benzene ring substituents is 1. The quantitative estimate of drug-likeness (QED) is 0.378. The van der Waals surface area contributed by atoms with Crippen LogP contribution in [-0.4, -0.2) is 94.4 Å². The number of morpholine rings is 1. The standard InChI is InChI=1S/C17H23N3O9S2/c1-18(13-4-9-30(24,25)12-13)17(21)11-29-16-3-2-14(10-15(16)20(22)23)31(26,27)19-5-7-28-8-6-19/h2-3,10,13H,4-9,11-12H2,1H3/t13-/m1/s1. The van der Waals surface area contributed by atoms with E-state index in [0.29, 0.717) is 6.42 Å². The number of amides is 1. The van der Waals surface area contributed by atoms with E-state index in [4.69, 9.17) is 9.47 Å². The SMILES string of the molecule is CN(C(=O)COc1ccc(S(=O)(=O)N2CCOCC2)cc1[N+](=O)[O-])[C@@H]1CCS(=O)(=O)C1. The average Bonchev–Trinajstić information content (AvgIpc) is 3.11. The van der Waals surface area contributed by atoms with Gasteiger partial charge in [-0.3, -0.25) is 14.9 Å². The molecule has 31 heavy (non-hydrogen) atoms. The van der Waals surface area contributed by atoms with E-state index in [1.54, 1.807) is 0 Å². The number of nitrogens with zero attached hydrogens (tertiary/aromatic N) is 3. The molecule has 2 fully saturated rings. The van der Waals surface area contributed by atoms with Crippen molar-refractivity contribution < 1.29 is 36.0 Å². The molecule has 3 rings (SSSR count). The Kier molecular flexibility index (Phi) is 6.83. The molecule has 12 nitrogen and oxygen atoms in total. The number of benzene rings is 1. The van der Waals surface area contributed by atoms with Crippen LogP contribution in [-0.2, 0) is 29.4 Å². The summed E-state index contributed by atoms with van der Waals surface area (Å²) >= 11 is 0. The third-order valence-electron chi connectivity index (χ3n) is 5.24. The van der Waals surface area contributed by atoms with Crippen LogP contribution in [0.15, 0.2) is 23.1 Å². The molecule has 2 aliphatic rings. The number of hydrogen-bond donors (Lipinski definition) is 0. The fourth-order valence-electron chi connectivity index (χ4n) is 3.38. The summed E-state index contributed by atoms with van der Waals surface area (Å²) in [5, 5.41) is 11.5. The van der Waals surface area contributed by atoms with Gasteiger partial charge in [-0.1, -0.05) is 0 Å². The summed E-state index contributed by atoms with van der Waals surface area (Å²) in [6, 6.07) is 2.75. The molecule has 0 saturated carbocycles. The third kappa shape index (κ3) is 5.31. The van der Waals surface area contributed by atoms with E-state index in [1.807, 2.05) is 0 Å². The summed E-state index contributed by atoms with van der Waals surface area (Å²) in [5.74, 6) is -0.933. The Morgan fingerprint density at radius 2 is 2.03 bits per heavy atom. The van der Waals surface area contributed by atoms with Crippen molar-refractivity contribution in [2.24, 2.45) is 0 Å². The largest absolute Gasteiger partial charge is 0.477 e. The van der Waals surface area contributed by atoms with Crippen molar-refractivity contribution in [3.8, 4) is 5.75 Å². The van der Waals surface area contributed by atoms with E-state index >= 15 is 0 Å². The summed E-state index contributed by atoms with van der Waals surface area (Å²) in [7, 11) is -5.67. The molecule has 1 atom stereocenters. The molecule has 0 radical (unpaired) electrons. The molecule has 1 aromatic carbocycles. The van der Waals surface area contributed by atoms with Crippen LogP contribution in [0.4, 0.5) is 5.69 Å². The maximum atomic E-state index is 12.7. The van der Waals surface area contributed by atoms with Crippen LogP contribution < -0.4 is 4.74 Å². The highest BCUT2D eigenvalue weighted by Gasteiger charge is 2.33. The molecule has 2 aliphatic heterocycles. The fraction of sp³-hybridized carbons (Fsp3) is 0.588. The van der Waals surface area contributed by atoms with Crippen LogP contribution in [0.3, 0.4) is 0 Å². The van der Waals surface area contributed by atoms with E-state index in [9.17, 15) is 31.7 Å². The second-order valence-corrected chi connectivity index (χ2v) is 11.4. The first kappa shape index (κ1) is 23.4. The van der Waals surface area contributed by atoms with Crippen molar-refractivity contribution in [1.82, 2.24) is 9.21 Å². The van der Waals surface area contributed by atoms with Gasteiger partial charge < -0.3 is 14.4 Å². The molecular formula is C17H23N3O9S2. The van der Waals surface area contributed by atoms with Gasteiger partial charge in [-0.05, 0) is 18.6 Å². The van der Waals surface area contributed by atoms with Gasteiger partial charge in [-0.25, -0.2) is 16.8 Å². The molecule has 0 unspecified atom stereocenters. The molecule has 0 spiro atoms. The predicted octanol–water partition coefficient (Wildman–Crippen LogP) is -0.360. The van der Waals surface area contributed by atoms with Gasteiger partial charge in [0.2, 0.25) is 10.0 Å². The van der Waals surface area contributed by atoms with Crippen LogP contribution in [0.5, 0.6) is 5.75 Å². The monoisotopic (exact) mass is 477 g/mol. The Labute approximate surface area is 179 Å². The minimum Gasteiger partial charge on any atom is -0.477 e. The normalized spacial score (nSPS) is 21.5. The molecule has 14 heteroatoms. The van der Waals surface area contributed by atoms with Gasteiger partial charge in [0, 0.05) is 32.2 Å². The van der Waals surface area contributed by atoms with Crippen LogP contribution in [0, 0.1) is 10.1 Å². The van der Waals surface area contributed by atoms with Crippen LogP contribution in [0.2, 0.25) is 0 Å². The molecular weight excluding hydrogens is 454 g/mol. The van der Waals surface area contributed by atoms with Crippen molar-refractivity contribution in [2.75, 3.05) is 51.5 Å². The fourth-order valence-corrected chi connectivity index (χ4v) is 6.59. The topological polar surface area (TPSA) is 153 Å². The summed E-state index contributed by atoms with van der Waals surface area (Å²) in [4.78, 5) is 24.0. The van der Waals surface area contributed by atoms with Crippen molar-refractivity contribution in [3.63, 3.8) is 0 Å². The third-order valence-corrected chi connectivity index (χ3v) is 8.88. The van der Waals surface area contributed by atoms with E-state index < -0.39 is 49.0 Å². The summed E-state index contributed by atoms with van der Waals surface area (Å²) in [5.41, 5.74) is -0.590. The maximum absolute atomic E-state index is 12.7. The van der Waals surface area contributed by atoms with Crippen LogP contribution in [0.25, 0.3) is 0 Å². The molecule has 172 valence electrons. The highest BCUT2D eigenvalue weighted by atomic mass is 32.2. The van der Waals surface area contributed by atoms with Gasteiger partial charge in [-0.15, -0.1) is 0 Å². The van der Waals surface area contributed by atoms with E-state index in [-0.39, 0.29) is 48.5 Å². The van der Waals surface area contributed by atoms with Gasteiger partial charge >= 0.3 is 5.69 Å². The first-order valence-corrected chi connectivity index (χ1v) is 12.7. The molecule has 0 aromatic heterocycles. The molecule has 2 heterocycles. The molecule has 2 saturated heterocycles. The lowest BCUT2D eigenvalue weighted by molar-refractivity contribution is -0.386. The molecule has 0 N–H and O–H groups in total. The number of carbonyl (C=O) groups excluding carboxylic acids is 1. The Bertz CT molecular complexity index is 1070. The minimum atomic E-state index is -3.94. The maximum Gasteiger partial charge on any atom is 0.312 e. The number of sulfonamides is 1. The van der Waals surface area contributed by atoms with E-state index in [1.165, 1.54) is 22.3 Å². The van der Waals surface area contributed by atoms with E-state index in [2.05, 4.69) is 0 Å².